The van der Waals surface area contributed by atoms with Gasteiger partial charge in [-0.3, -0.25) is 14.1 Å². The van der Waals surface area contributed by atoms with Crippen molar-refractivity contribution in [3.05, 3.63) is 72.9 Å². The van der Waals surface area contributed by atoms with Crippen molar-refractivity contribution in [1.29, 1.82) is 0 Å². The summed E-state index contributed by atoms with van der Waals surface area (Å²) in [6.07, 6.45) is 42.5. The summed E-state index contributed by atoms with van der Waals surface area (Å²) in [5, 5.41) is 9.81. The lowest BCUT2D eigenvalue weighted by atomic mass is 10.0. The smallest absolute Gasteiger partial charge is 0.462 e. The fourth-order valence-corrected chi connectivity index (χ4v) is 5.31. The molecule has 1 unspecified atom stereocenters. The molecule has 2 atom stereocenters. The van der Waals surface area contributed by atoms with Gasteiger partial charge in [-0.25, -0.2) is 4.57 Å². The summed E-state index contributed by atoms with van der Waals surface area (Å²) in [4.78, 5) is 42.7. The number of hydrogen-bond acceptors (Lipinski definition) is 7. The van der Waals surface area contributed by atoms with Crippen LogP contribution in [0.15, 0.2) is 72.9 Å². The number of esters is 2. The highest BCUT2D eigenvalue weighted by molar-refractivity contribution is 7.46. The average molecular weight is 737 g/mol. The fraction of sp³-hybridized carbons (Fsp3) is 0.659. The van der Waals surface area contributed by atoms with Crippen molar-refractivity contribution in [1.82, 2.24) is 0 Å². The first-order valence-corrected chi connectivity index (χ1v) is 20.9. The Hall–Kier alpha value is -2.55. The van der Waals surface area contributed by atoms with Crippen molar-refractivity contribution >= 4 is 19.8 Å². The van der Waals surface area contributed by atoms with Gasteiger partial charge in [0.1, 0.15) is 6.61 Å². The summed E-state index contributed by atoms with van der Waals surface area (Å²) in [6.45, 7) is 3.40. The molecule has 0 bridgehead atoms. The summed E-state index contributed by atoms with van der Waals surface area (Å²) in [6, 6.07) is 0. The Bertz CT molecular complexity index is 1070. The Morgan fingerprint density at radius 2 is 1.18 bits per heavy atom. The maximum Gasteiger partial charge on any atom is 0.469 e. The number of carbonyl (C=O) groups excluding carboxylic acids is 2. The molecule has 51 heavy (non-hydrogen) atoms. The van der Waals surface area contributed by atoms with Gasteiger partial charge in [-0.2, -0.15) is 0 Å². The van der Waals surface area contributed by atoms with Gasteiger partial charge in [0.2, 0.25) is 0 Å². The molecule has 0 aliphatic rings. The lowest BCUT2D eigenvalue weighted by Gasteiger charge is -2.18. The molecule has 9 nitrogen and oxygen atoms in total. The van der Waals surface area contributed by atoms with E-state index in [0.717, 1.165) is 44.9 Å². The van der Waals surface area contributed by atoms with Gasteiger partial charge in [0.15, 0.2) is 6.10 Å². The normalized spacial score (nSPS) is 13.9. The van der Waals surface area contributed by atoms with Gasteiger partial charge in [0.25, 0.3) is 0 Å². The number of rotatable bonds is 34. The van der Waals surface area contributed by atoms with Crippen LogP contribution in [-0.4, -0.2) is 52.3 Å². The number of ether oxygens (including phenoxy) is 2. The molecule has 0 rings (SSSR count). The number of allylic oxidation sites excluding steroid dienone is 10. The fourth-order valence-electron chi connectivity index (χ4n) is 4.95. The topological polar surface area (TPSA) is 140 Å². The minimum atomic E-state index is -4.78. The van der Waals surface area contributed by atoms with E-state index in [1.807, 2.05) is 48.6 Å². The number of hydrogen-bond donors (Lipinski definition) is 3. The van der Waals surface area contributed by atoms with E-state index in [9.17, 15) is 19.3 Å². The van der Waals surface area contributed by atoms with Crippen LogP contribution in [0.2, 0.25) is 0 Å². The molecule has 0 aliphatic heterocycles. The molecule has 292 valence electrons. The average Bonchev–Trinajstić information content (AvgIpc) is 3.09. The molecule has 0 aromatic heterocycles. The third kappa shape index (κ3) is 38.5. The second-order valence-electron chi connectivity index (χ2n) is 12.7. The standard InChI is InChI=1S/C41H69O9P/c1-3-5-7-8-9-10-11-13-17-20-23-26-30-34-40(43)48-36-39(37-49-51(45,46)47)50-41(44)35-31-27-24-21-18-15-12-14-16-19-22-25-29-33-38(42)32-28-6-4-2/h6,14-16,18,22,24-25,27-29,33,38-39,42H,3-5,7-13,17,19-21,23,26,30-32,34-37H2,1-2H3,(H2,45,46,47)/b16-14-,18-15-,25-22+,27-24-,28-6-,33-29+/t38?,39-/m1/s1. The molecule has 0 amide bonds. The zero-order valence-corrected chi connectivity index (χ0v) is 32.5. The molecule has 0 saturated heterocycles. The lowest BCUT2D eigenvalue weighted by Crippen LogP contribution is -2.29. The molecule has 10 heteroatoms. The van der Waals surface area contributed by atoms with Gasteiger partial charge < -0.3 is 24.4 Å². The summed E-state index contributed by atoms with van der Waals surface area (Å²) in [5.41, 5.74) is 0. The van der Waals surface area contributed by atoms with E-state index in [0.29, 0.717) is 19.3 Å². The molecular weight excluding hydrogens is 667 g/mol. The molecule has 0 aromatic rings. The zero-order chi connectivity index (χ0) is 37.7. The van der Waals surface area contributed by atoms with Crippen molar-refractivity contribution in [3.63, 3.8) is 0 Å². The van der Waals surface area contributed by atoms with Gasteiger partial charge >= 0.3 is 19.8 Å². The van der Waals surface area contributed by atoms with Gasteiger partial charge in [0, 0.05) is 12.8 Å². The Morgan fingerprint density at radius 3 is 1.75 bits per heavy atom. The monoisotopic (exact) mass is 736 g/mol. The number of carbonyl (C=O) groups is 2. The molecule has 0 aliphatic carbocycles. The largest absolute Gasteiger partial charge is 0.469 e. The van der Waals surface area contributed by atoms with Crippen LogP contribution in [0.5, 0.6) is 0 Å². The van der Waals surface area contributed by atoms with Gasteiger partial charge in [-0.05, 0) is 44.9 Å². The highest BCUT2D eigenvalue weighted by Crippen LogP contribution is 2.35. The van der Waals surface area contributed by atoms with Crippen LogP contribution in [0.3, 0.4) is 0 Å². The minimum absolute atomic E-state index is 0.0693. The number of unbranched alkanes of at least 4 members (excludes halogenated alkanes) is 12. The maximum atomic E-state index is 12.3. The Balaban J connectivity index is 4.15. The van der Waals surface area contributed by atoms with E-state index in [1.54, 1.807) is 6.08 Å². The Labute approximate surface area is 309 Å². The predicted molar refractivity (Wildman–Crippen MR) is 208 cm³/mol. The van der Waals surface area contributed by atoms with Crippen molar-refractivity contribution in [2.45, 2.75) is 161 Å². The van der Waals surface area contributed by atoms with E-state index in [4.69, 9.17) is 19.3 Å². The number of aliphatic hydroxyl groups is 1. The van der Waals surface area contributed by atoms with Crippen LogP contribution >= 0.6 is 7.82 Å². The minimum Gasteiger partial charge on any atom is -0.462 e. The Morgan fingerprint density at radius 1 is 0.627 bits per heavy atom. The van der Waals surface area contributed by atoms with Crippen molar-refractivity contribution in [2.75, 3.05) is 13.2 Å². The number of phosphoric acid groups is 1. The van der Waals surface area contributed by atoms with E-state index >= 15 is 0 Å². The van der Waals surface area contributed by atoms with Crippen LogP contribution in [0, 0.1) is 0 Å². The highest BCUT2D eigenvalue weighted by atomic mass is 31.2. The first-order chi connectivity index (χ1) is 24.7. The van der Waals surface area contributed by atoms with E-state index in [-0.39, 0.29) is 19.4 Å². The zero-order valence-electron chi connectivity index (χ0n) is 31.6. The van der Waals surface area contributed by atoms with Crippen LogP contribution in [0.4, 0.5) is 0 Å². The van der Waals surface area contributed by atoms with Gasteiger partial charge in [-0.15, -0.1) is 0 Å². The van der Waals surface area contributed by atoms with Crippen LogP contribution in [-0.2, 0) is 28.2 Å². The third-order valence-electron chi connectivity index (χ3n) is 7.83. The van der Waals surface area contributed by atoms with Gasteiger partial charge in [-0.1, -0.05) is 164 Å². The third-order valence-corrected chi connectivity index (χ3v) is 8.32. The lowest BCUT2D eigenvalue weighted by molar-refractivity contribution is -0.161. The number of phosphoric ester groups is 1. The molecule has 0 radical (unpaired) electrons. The highest BCUT2D eigenvalue weighted by Gasteiger charge is 2.22. The summed E-state index contributed by atoms with van der Waals surface area (Å²) in [7, 11) is -4.78. The summed E-state index contributed by atoms with van der Waals surface area (Å²) >= 11 is 0. The maximum absolute atomic E-state index is 12.3. The van der Waals surface area contributed by atoms with Crippen molar-refractivity contribution in [2.24, 2.45) is 0 Å². The molecule has 0 spiro atoms. The second kappa shape index (κ2) is 35.8. The van der Waals surface area contributed by atoms with Gasteiger partial charge in [0.05, 0.1) is 12.7 Å². The summed E-state index contributed by atoms with van der Waals surface area (Å²) < 4.78 is 26.2. The quantitative estimate of drug-likeness (QED) is 0.0194. The summed E-state index contributed by atoms with van der Waals surface area (Å²) in [5.74, 6) is -1.01. The molecular formula is C41H69O9P. The van der Waals surface area contributed by atoms with Crippen LogP contribution in [0.1, 0.15) is 149 Å². The Kier molecular flexibility index (Phi) is 34.0. The van der Waals surface area contributed by atoms with Crippen LogP contribution in [0.25, 0.3) is 0 Å². The van der Waals surface area contributed by atoms with Crippen molar-refractivity contribution in [3.8, 4) is 0 Å². The SMILES string of the molecule is CC/C=C\CC(O)/C=C/C=C/C/C=C\C/C=C\C/C=C\CCC(=O)O[C@H](COC(=O)CCCCCCCCCCCCCCC)COP(=O)(O)O. The van der Waals surface area contributed by atoms with Crippen molar-refractivity contribution < 1.29 is 43.0 Å². The molecule has 0 fully saturated rings. The molecule has 3 N–H and O–H groups in total. The van der Waals surface area contributed by atoms with Crippen LogP contribution < -0.4 is 0 Å². The first kappa shape index (κ1) is 48.5. The predicted octanol–water partition coefficient (Wildman–Crippen LogP) is 10.5. The molecule has 0 heterocycles. The second-order valence-corrected chi connectivity index (χ2v) is 14.0. The first-order valence-electron chi connectivity index (χ1n) is 19.3. The molecule has 0 saturated carbocycles. The van der Waals surface area contributed by atoms with E-state index in [2.05, 4.69) is 36.6 Å². The number of aliphatic hydroxyl groups excluding tert-OH is 1. The van der Waals surface area contributed by atoms with E-state index in [1.165, 1.54) is 57.8 Å². The molecule has 0 aromatic carbocycles. The van der Waals surface area contributed by atoms with E-state index < -0.39 is 38.6 Å².